The second-order valence-corrected chi connectivity index (χ2v) is 35.2. The number of aliphatic carboxylic acids is 1. The summed E-state index contributed by atoms with van der Waals surface area (Å²) in [5.41, 5.74) is 16.9. The van der Waals surface area contributed by atoms with Crippen molar-refractivity contribution in [2.24, 2.45) is 11.8 Å². The number of hydrogen-bond donors (Lipinski definition) is 8. The van der Waals surface area contributed by atoms with Crippen LogP contribution in [0.1, 0.15) is 196 Å². The van der Waals surface area contributed by atoms with Crippen molar-refractivity contribution in [3.63, 3.8) is 0 Å². The first-order valence-corrected chi connectivity index (χ1v) is 42.6. The van der Waals surface area contributed by atoms with Gasteiger partial charge in [-0.25, -0.2) is 48.7 Å². The van der Waals surface area contributed by atoms with Crippen LogP contribution in [0.15, 0.2) is 97.6 Å². The van der Waals surface area contributed by atoms with Crippen molar-refractivity contribution in [1.82, 2.24) is 75.4 Å². The number of fused-ring (bicyclic) bond motifs is 10. The van der Waals surface area contributed by atoms with Crippen molar-refractivity contribution in [3.05, 3.63) is 143 Å². The van der Waals surface area contributed by atoms with E-state index >= 15 is 0 Å². The van der Waals surface area contributed by atoms with Crippen molar-refractivity contribution in [3.8, 4) is 67.3 Å². The largest absolute Gasteiger partial charge is 0.480 e. The fourth-order valence-corrected chi connectivity index (χ4v) is 19.0. The first-order valence-electron chi connectivity index (χ1n) is 42.6. The number of carboxylic acid groups (broad SMARTS) is 1. The van der Waals surface area contributed by atoms with Gasteiger partial charge in [0.1, 0.15) is 46.6 Å². The fourth-order valence-electron chi connectivity index (χ4n) is 19.0. The zero-order valence-corrected chi connectivity index (χ0v) is 72.7. The summed E-state index contributed by atoms with van der Waals surface area (Å²) in [6, 6.07) is 23.1. The van der Waals surface area contributed by atoms with Crippen LogP contribution in [0.5, 0.6) is 0 Å². The molecule has 123 heavy (non-hydrogen) atoms. The van der Waals surface area contributed by atoms with Crippen LogP contribution in [-0.4, -0.2) is 228 Å². The monoisotopic (exact) mass is 1690 g/mol. The van der Waals surface area contributed by atoms with Crippen LogP contribution in [0.25, 0.3) is 67.3 Å². The van der Waals surface area contributed by atoms with Gasteiger partial charge in [0, 0.05) is 46.5 Å². The number of aromatic nitrogens is 8. The van der Waals surface area contributed by atoms with E-state index < -0.39 is 71.9 Å². The third-order valence-corrected chi connectivity index (χ3v) is 25.3. The molecule has 4 saturated heterocycles. The number of nitrogens with zero attached hydrogens (tertiary/aromatic N) is 8. The minimum Gasteiger partial charge on any atom is -0.480 e. The van der Waals surface area contributed by atoms with E-state index in [9.17, 15) is 38.4 Å². The Labute approximate surface area is 715 Å². The quantitative estimate of drug-likeness (QED) is 0.0329. The second kappa shape index (κ2) is 36.8. The van der Waals surface area contributed by atoms with E-state index in [2.05, 4.69) is 113 Å². The lowest BCUT2D eigenvalue weighted by Crippen LogP contribution is -2.56. The highest BCUT2D eigenvalue weighted by molar-refractivity contribution is 5.89. The van der Waals surface area contributed by atoms with Crippen molar-refractivity contribution in [2.75, 3.05) is 55.7 Å². The van der Waals surface area contributed by atoms with Gasteiger partial charge in [0.05, 0.1) is 111 Å². The van der Waals surface area contributed by atoms with Gasteiger partial charge in [0.15, 0.2) is 6.04 Å². The van der Waals surface area contributed by atoms with Gasteiger partial charge in [-0.3, -0.25) is 19.4 Å². The van der Waals surface area contributed by atoms with Crippen molar-refractivity contribution < 1.29 is 81.4 Å². The molecular formula is C91H115N15O17. The predicted octanol–water partition coefficient (Wildman–Crippen LogP) is 14.1. The third-order valence-electron chi connectivity index (χ3n) is 25.3. The molecule has 8 N–H and O–H groups in total. The first-order chi connectivity index (χ1) is 58.9. The Morgan fingerprint density at radius 3 is 1.14 bits per heavy atom. The molecule has 1 unspecified atom stereocenters. The van der Waals surface area contributed by atoms with Gasteiger partial charge < -0.3 is 88.7 Å². The summed E-state index contributed by atoms with van der Waals surface area (Å²) in [4.78, 5) is 140. The molecule has 6 fully saturated rings. The van der Waals surface area contributed by atoms with E-state index in [0.29, 0.717) is 24.8 Å². The fraction of sp³-hybridized carbons (Fsp3) is 0.516. The molecule has 32 heteroatoms. The summed E-state index contributed by atoms with van der Waals surface area (Å²) in [7, 11) is 8.09. The summed E-state index contributed by atoms with van der Waals surface area (Å²) in [6.07, 6.45) is 16.0. The molecule has 4 aromatic carbocycles. The van der Waals surface area contributed by atoms with E-state index in [1.54, 1.807) is 23.6 Å². The molecule has 656 valence electrons. The van der Waals surface area contributed by atoms with Crippen LogP contribution in [0, 0.1) is 11.8 Å². The number of methoxy groups -OCH3 is 6. The molecule has 7 amide bonds. The summed E-state index contributed by atoms with van der Waals surface area (Å²) in [5, 5.41) is 16.1. The SMILES string of the molecule is CC(C)(C)OC(=O)N1CCC[C@H]1c1ncc(-c2ccc3c(c2)CCc2cc(-c4cnc([C@@H]5[C@H]6CC[C@H](C6)N5C(=O)OC(C)(C)C)[nH]4)ccc2-3)[nH]1.COC(=O)N[C@H](C(=O)N1CCC[C@H]1c1ncc(-c2ccc3c(c2)CCc2cc(-c4cnc([C@@H]5[C@H]6CC[C@H](C6)N5C(=O)[C@@H](NC(=O)OC)[C@@H](C)OC)[nH]4)ccc2-3)[nH]1)C(C)OC.COC(=O)N[C@H](C(=O)O)[C@@H](C)OC. The highest BCUT2D eigenvalue weighted by Crippen LogP contribution is 2.53. The Hall–Kier alpha value is -11.6. The van der Waals surface area contributed by atoms with E-state index in [4.69, 9.17) is 58.2 Å². The van der Waals surface area contributed by atoms with Gasteiger partial charge >= 0.3 is 36.4 Å². The Kier molecular flexibility index (Phi) is 26.2. The lowest BCUT2D eigenvalue weighted by Gasteiger charge is -2.37. The van der Waals surface area contributed by atoms with Gasteiger partial charge in [-0.05, 0) is 255 Å². The van der Waals surface area contributed by atoms with Gasteiger partial charge in [-0.2, -0.15) is 0 Å². The number of imidazole rings is 4. The molecule has 8 heterocycles. The molecule has 32 nitrogen and oxygen atoms in total. The number of likely N-dealkylation sites (tertiary alicyclic amines) is 4. The molecule has 0 radical (unpaired) electrons. The first kappa shape index (κ1) is 87.7. The molecule has 4 aliphatic heterocycles. The summed E-state index contributed by atoms with van der Waals surface area (Å²) in [6.45, 7) is 17.7. The Balaban J connectivity index is 0.000000177. The Morgan fingerprint density at radius 2 is 0.756 bits per heavy atom. The number of rotatable bonds is 20. The van der Waals surface area contributed by atoms with Crippen LogP contribution >= 0.6 is 0 Å². The Bertz CT molecular complexity index is 5210. The number of aryl methyl sites for hydroxylation is 4. The number of alkyl carbamates (subject to hydrolysis) is 3. The number of nitrogens with one attached hydrogen (secondary N) is 7. The van der Waals surface area contributed by atoms with Crippen molar-refractivity contribution in [1.29, 1.82) is 0 Å². The van der Waals surface area contributed by atoms with Gasteiger partial charge in [-0.1, -0.05) is 48.5 Å². The molecule has 4 aliphatic carbocycles. The topological polar surface area (TPSA) is 394 Å². The molecule has 14 atom stereocenters. The molecule has 16 rings (SSSR count). The van der Waals surface area contributed by atoms with E-state index in [1.807, 2.05) is 76.1 Å². The van der Waals surface area contributed by atoms with Crippen LogP contribution in [-0.2, 0) is 78.0 Å². The molecule has 0 spiro atoms. The number of piperidine rings is 2. The summed E-state index contributed by atoms with van der Waals surface area (Å²) >= 11 is 0. The number of aromatic amines is 4. The molecule has 4 aromatic heterocycles. The highest BCUT2D eigenvalue weighted by Gasteiger charge is 2.54. The maximum atomic E-state index is 14.1. The number of carbonyl (C=O) groups excluding carboxylic acids is 7. The Morgan fingerprint density at radius 1 is 0.423 bits per heavy atom. The maximum Gasteiger partial charge on any atom is 0.411 e. The van der Waals surface area contributed by atoms with Gasteiger partial charge in [-0.15, -0.1) is 0 Å². The molecule has 8 aliphatic rings. The minimum absolute atomic E-state index is 0.0709. The highest BCUT2D eigenvalue weighted by atomic mass is 16.6. The maximum absolute atomic E-state index is 14.1. The normalized spacial score (nSPS) is 21.7. The second-order valence-electron chi connectivity index (χ2n) is 35.2. The molecule has 2 saturated carbocycles. The zero-order chi connectivity index (χ0) is 87.6. The summed E-state index contributed by atoms with van der Waals surface area (Å²) in [5.74, 6) is 2.18. The lowest BCUT2D eigenvalue weighted by molar-refractivity contribution is -0.143. The zero-order valence-electron chi connectivity index (χ0n) is 72.7. The average Bonchev–Trinajstić information content (AvgIpc) is 1.62. The van der Waals surface area contributed by atoms with Crippen LogP contribution in [0.2, 0.25) is 0 Å². The van der Waals surface area contributed by atoms with Crippen LogP contribution in [0.3, 0.4) is 0 Å². The van der Waals surface area contributed by atoms with E-state index in [-0.39, 0.29) is 66.2 Å². The van der Waals surface area contributed by atoms with Crippen molar-refractivity contribution >= 4 is 48.2 Å². The van der Waals surface area contributed by atoms with Crippen molar-refractivity contribution in [2.45, 2.75) is 236 Å². The molecular weight excluding hydrogens is 1580 g/mol. The number of carboxylic acids is 1. The smallest absolute Gasteiger partial charge is 0.411 e. The van der Waals surface area contributed by atoms with Crippen LogP contribution in [0.4, 0.5) is 24.0 Å². The number of benzene rings is 4. The van der Waals surface area contributed by atoms with Crippen LogP contribution < -0.4 is 16.0 Å². The number of ether oxygens (including phenoxy) is 8. The number of H-pyrrole nitrogens is 4. The molecule has 4 bridgehead atoms. The predicted molar refractivity (Wildman–Crippen MR) is 455 cm³/mol. The third kappa shape index (κ3) is 18.8. The van der Waals surface area contributed by atoms with E-state index in [0.717, 1.165) is 160 Å². The number of hydrogen-bond acceptors (Lipinski definition) is 20. The number of amides is 7. The standard InChI is InChI=1S/C44H54N8O8.C40H48N6O4.C7H13NO5/c1-23(57-3)36(49-43(55)59-5)41(53)51-17-7-8-35(51)39-45-21-33(47-39)27-12-15-31-25(18-27)9-10-26-19-28(13-16-32(26)31)34-22-46-40(48-34)38-29-11-14-30(20-29)52(38)42(54)37(24(2)58-4)50-44(56)60-6;1-39(2,3)49-37(47)45-17-7-8-33(45)35-41-21-31(43-35)25-12-15-29-23(18-25)9-10-24-19-26(13-16-30(24)29)32-22-42-36(44-32)34-27-11-14-28(20-27)46(34)38(48)50-40(4,5)6;1-4(12-2)5(6(9)10)8-7(11)13-3/h12-13,15-16,18-19,21-24,29-30,35-38H,7-11,14,17,20H2,1-6H3,(H,45,47)(H,46,48)(H,49,55)(H,50,56);12-13,15-16,18-19,21-22,27-28,33-34H,7-11,14,17,20H2,1-6H3,(H,41,43)(H,42,44);4-5H,1-3H3,(H,8,11)(H,9,10)/t23?,24-,29+,30-,35+,36+,37+,38+;27-,28+,33-,34-;4-,5+/m101/s1. The van der Waals surface area contributed by atoms with Gasteiger partial charge in [0.2, 0.25) is 11.8 Å². The molecule has 8 aromatic rings. The minimum atomic E-state index is -1.17. The summed E-state index contributed by atoms with van der Waals surface area (Å²) < 4.78 is 41.0. The number of carbonyl (C=O) groups is 8. The average molecular weight is 1690 g/mol. The lowest BCUT2D eigenvalue weighted by atomic mass is 9.83. The van der Waals surface area contributed by atoms with E-state index in [1.165, 1.54) is 87.0 Å². The van der Waals surface area contributed by atoms with Gasteiger partial charge in [0.25, 0.3) is 0 Å².